The lowest BCUT2D eigenvalue weighted by molar-refractivity contribution is -0.197. The first kappa shape index (κ1) is 22.0. The topological polar surface area (TPSA) is 106 Å². The van der Waals surface area contributed by atoms with E-state index in [9.17, 15) is 14.7 Å². The van der Waals surface area contributed by atoms with Gasteiger partial charge in [-0.2, -0.15) is 0 Å². The van der Waals surface area contributed by atoms with Crippen LogP contribution in [0.5, 0.6) is 0 Å². The van der Waals surface area contributed by atoms with E-state index in [4.69, 9.17) is 10.2 Å². The molecule has 4 aliphatic rings. The van der Waals surface area contributed by atoms with Crippen molar-refractivity contribution in [3.8, 4) is 0 Å². The Hall–Kier alpha value is -1.79. The molecule has 4 aliphatic carbocycles. The summed E-state index contributed by atoms with van der Waals surface area (Å²) in [7, 11) is 0. The molecule has 7 atom stereocenters. The molecule has 1 heterocycles. The van der Waals surface area contributed by atoms with Crippen molar-refractivity contribution in [2.24, 2.45) is 39.3 Å². The van der Waals surface area contributed by atoms with E-state index in [1.807, 2.05) is 6.07 Å². The van der Waals surface area contributed by atoms with Crippen LogP contribution in [-0.4, -0.2) is 28.9 Å². The van der Waals surface area contributed by atoms with E-state index in [0.29, 0.717) is 17.8 Å². The average molecular weight is 441 g/mol. The van der Waals surface area contributed by atoms with Gasteiger partial charge in [-0.25, -0.2) is 9.79 Å². The first-order chi connectivity index (χ1) is 15.2. The molecule has 1 aromatic heterocycles. The fourth-order valence-electron chi connectivity index (χ4n) is 8.45. The highest BCUT2D eigenvalue weighted by Gasteiger charge is 2.67. The van der Waals surface area contributed by atoms with E-state index in [-0.39, 0.29) is 34.8 Å². The third kappa shape index (κ3) is 3.09. The summed E-state index contributed by atoms with van der Waals surface area (Å²) in [6, 6.07) is 3.40. The number of carbonyl (C=O) groups is 1. The van der Waals surface area contributed by atoms with E-state index >= 15 is 0 Å². The second-order valence-corrected chi connectivity index (χ2v) is 11.3. The molecule has 32 heavy (non-hydrogen) atoms. The predicted molar refractivity (Wildman–Crippen MR) is 122 cm³/mol. The minimum absolute atomic E-state index is 0.0201. The quantitative estimate of drug-likeness (QED) is 0.727. The Bertz CT molecular complexity index is 981. The van der Waals surface area contributed by atoms with Crippen molar-refractivity contribution in [3.63, 3.8) is 0 Å². The van der Waals surface area contributed by atoms with Crippen LogP contribution in [0.1, 0.15) is 83.1 Å². The Kier molecular flexibility index (Phi) is 5.25. The number of nitrogens with zero attached hydrogens (tertiary/aromatic N) is 1. The molecule has 1 amide bonds. The molecule has 6 nitrogen and oxygen atoms in total. The summed E-state index contributed by atoms with van der Waals surface area (Å²) in [5.41, 5.74) is 6.50. The number of fused-ring (bicyclic) bond motifs is 5. The maximum absolute atomic E-state index is 12.3. The minimum Gasteiger partial charge on any atom is -0.431 e. The molecular formula is C26H36N2O4. The molecule has 4 fully saturated rings. The number of rotatable bonds is 2. The monoisotopic (exact) mass is 440 g/mol. The van der Waals surface area contributed by atoms with Gasteiger partial charge in [-0.05, 0) is 98.5 Å². The molecule has 6 heteroatoms. The first-order valence-electron chi connectivity index (χ1n) is 12.3. The molecule has 3 N–H and O–H groups in total. The van der Waals surface area contributed by atoms with E-state index in [2.05, 4.69) is 18.8 Å². The Morgan fingerprint density at radius 1 is 1.16 bits per heavy atom. The highest BCUT2D eigenvalue weighted by molar-refractivity contribution is 5.97. The second kappa shape index (κ2) is 7.63. The molecule has 0 spiro atoms. The summed E-state index contributed by atoms with van der Waals surface area (Å²) in [5.74, 6) is 1.32. The van der Waals surface area contributed by atoms with E-state index < -0.39 is 5.60 Å². The molecule has 0 radical (unpaired) electrons. The highest BCUT2D eigenvalue weighted by Crippen LogP contribution is 2.70. The third-order valence-electron chi connectivity index (χ3n) is 10.3. The van der Waals surface area contributed by atoms with Crippen LogP contribution < -0.4 is 11.4 Å². The molecule has 5 rings (SSSR count). The molecular weight excluding hydrogens is 404 g/mol. The van der Waals surface area contributed by atoms with Gasteiger partial charge < -0.3 is 15.3 Å². The van der Waals surface area contributed by atoms with Gasteiger partial charge in [0.15, 0.2) is 0 Å². The van der Waals surface area contributed by atoms with Crippen LogP contribution >= 0.6 is 0 Å². The zero-order valence-electron chi connectivity index (χ0n) is 19.3. The Balaban J connectivity index is 1.42. The molecule has 1 aromatic rings. The first-order valence-corrected chi connectivity index (χ1v) is 12.3. The van der Waals surface area contributed by atoms with Gasteiger partial charge >= 0.3 is 5.63 Å². The Labute approximate surface area is 189 Å². The zero-order valence-corrected chi connectivity index (χ0v) is 19.3. The molecule has 0 aliphatic heterocycles. The average Bonchev–Trinajstić information content (AvgIpc) is 3.06. The molecule has 4 saturated carbocycles. The summed E-state index contributed by atoms with van der Waals surface area (Å²) in [4.78, 5) is 27.5. The van der Waals surface area contributed by atoms with Crippen LogP contribution in [-0.2, 0) is 4.79 Å². The summed E-state index contributed by atoms with van der Waals surface area (Å²) in [5, 5.41) is 12.3. The Morgan fingerprint density at radius 2 is 1.97 bits per heavy atom. The lowest BCUT2D eigenvalue weighted by atomic mass is 9.43. The van der Waals surface area contributed by atoms with Crippen molar-refractivity contribution in [2.45, 2.75) is 83.2 Å². The fourth-order valence-corrected chi connectivity index (χ4v) is 8.45. The number of aliphatic imine (C=N–C) groups is 1. The van der Waals surface area contributed by atoms with Crippen molar-refractivity contribution >= 4 is 11.6 Å². The standard InChI is InChI=1S/C26H36N2O4/c1-24-10-7-18(28-22(29)14-27)13-17(24)4-5-21-20(24)8-11-25(2)19(9-12-26(21,25)31)16-3-6-23(30)32-15-16/h3,6,15,17,19-21,31H,4-5,7-14,27H2,1-2H3/t17-,19-,20+,21-,24+,25-,26+/m1/s1. The van der Waals surface area contributed by atoms with E-state index in [0.717, 1.165) is 69.1 Å². The van der Waals surface area contributed by atoms with Crippen LogP contribution in [0.2, 0.25) is 0 Å². The largest absolute Gasteiger partial charge is 0.431 e. The van der Waals surface area contributed by atoms with Crippen LogP contribution in [0.3, 0.4) is 0 Å². The number of hydrogen-bond acceptors (Lipinski definition) is 5. The fraction of sp³-hybridized carbons (Fsp3) is 0.731. The predicted octanol–water partition coefficient (Wildman–Crippen LogP) is 3.81. The highest BCUT2D eigenvalue weighted by atomic mass is 16.4. The maximum Gasteiger partial charge on any atom is 0.335 e. The van der Waals surface area contributed by atoms with E-state index in [1.165, 1.54) is 6.07 Å². The van der Waals surface area contributed by atoms with Crippen LogP contribution in [0.4, 0.5) is 0 Å². The summed E-state index contributed by atoms with van der Waals surface area (Å²) >= 11 is 0. The third-order valence-corrected chi connectivity index (χ3v) is 10.3. The molecule has 0 aromatic carbocycles. The van der Waals surface area contributed by atoms with Crippen LogP contribution in [0, 0.1) is 28.6 Å². The smallest absolute Gasteiger partial charge is 0.335 e. The van der Waals surface area contributed by atoms with Gasteiger partial charge in [-0.15, -0.1) is 0 Å². The minimum atomic E-state index is -0.686. The summed E-state index contributed by atoms with van der Waals surface area (Å²) in [6.07, 6.45) is 10.4. The van der Waals surface area contributed by atoms with Crippen molar-refractivity contribution in [3.05, 3.63) is 34.4 Å². The maximum atomic E-state index is 12.3. The number of amides is 1. The number of carbonyl (C=O) groups excluding carboxylic acids is 1. The van der Waals surface area contributed by atoms with E-state index in [1.54, 1.807) is 6.26 Å². The van der Waals surface area contributed by atoms with Gasteiger partial charge in [-0.3, -0.25) is 4.79 Å². The molecule has 0 saturated heterocycles. The molecule has 174 valence electrons. The number of aliphatic hydroxyl groups is 1. The summed E-state index contributed by atoms with van der Waals surface area (Å²) in [6.45, 7) is 4.68. The van der Waals surface area contributed by atoms with Crippen LogP contribution in [0.25, 0.3) is 0 Å². The van der Waals surface area contributed by atoms with Crippen molar-refractivity contribution < 1.29 is 14.3 Å². The van der Waals surface area contributed by atoms with Crippen molar-refractivity contribution in [2.75, 3.05) is 6.54 Å². The van der Waals surface area contributed by atoms with Crippen molar-refractivity contribution in [1.82, 2.24) is 0 Å². The zero-order chi connectivity index (χ0) is 22.7. The van der Waals surface area contributed by atoms with Gasteiger partial charge in [0.1, 0.15) is 0 Å². The lowest BCUT2D eigenvalue weighted by Gasteiger charge is -2.63. The van der Waals surface area contributed by atoms with Crippen LogP contribution in [0.15, 0.2) is 32.6 Å². The SMILES string of the molecule is C[C@]12CCC(=NC(=O)CN)C[C@H]1CC[C@@H]1[C@@H]2CC[C@]2(C)[C@@H](c3ccc(=O)oc3)CC[C@]12O. The van der Waals surface area contributed by atoms with Crippen molar-refractivity contribution in [1.29, 1.82) is 0 Å². The second-order valence-electron chi connectivity index (χ2n) is 11.3. The number of nitrogens with two attached hydrogens (primary N) is 1. The Morgan fingerprint density at radius 3 is 2.69 bits per heavy atom. The summed E-state index contributed by atoms with van der Waals surface area (Å²) < 4.78 is 5.19. The normalized spacial score (nSPS) is 44.6. The van der Waals surface area contributed by atoms with Gasteiger partial charge in [0, 0.05) is 17.2 Å². The molecule has 0 unspecified atom stereocenters. The lowest BCUT2D eigenvalue weighted by Crippen LogP contribution is -2.61. The van der Waals surface area contributed by atoms with Gasteiger partial charge in [-0.1, -0.05) is 13.8 Å². The van der Waals surface area contributed by atoms with Gasteiger partial charge in [0.25, 0.3) is 5.91 Å². The van der Waals surface area contributed by atoms with Gasteiger partial charge in [0.05, 0.1) is 18.4 Å². The van der Waals surface area contributed by atoms with Gasteiger partial charge in [0.2, 0.25) is 0 Å². The number of hydrogen-bond donors (Lipinski definition) is 2. The molecule has 0 bridgehead atoms.